The molecule has 0 aliphatic heterocycles. The number of aryl methyl sites for hydroxylation is 1. The second kappa shape index (κ2) is 2.92. The van der Waals surface area contributed by atoms with Crippen LogP contribution in [0.3, 0.4) is 0 Å². The Morgan fingerprint density at radius 3 is 2.92 bits per heavy atom. The Morgan fingerprint density at radius 2 is 2.23 bits per heavy atom. The molecule has 3 heteroatoms. The van der Waals surface area contributed by atoms with Gasteiger partial charge in [-0.05, 0) is 23.9 Å². The Balaban J connectivity index is 2.76. The number of fused-ring (bicyclic) bond motifs is 1. The maximum absolute atomic E-state index is 9.65. The smallest absolute Gasteiger partial charge is 0.156 e. The van der Waals surface area contributed by atoms with Crippen LogP contribution in [0.4, 0.5) is 5.69 Å². The zero-order chi connectivity index (χ0) is 9.42. The minimum Gasteiger partial charge on any atom is -0.504 e. The van der Waals surface area contributed by atoms with Crippen molar-refractivity contribution in [3.05, 3.63) is 23.1 Å². The highest BCUT2D eigenvalue weighted by molar-refractivity contribution is 7.19. The second-order valence-electron chi connectivity index (χ2n) is 2.99. The normalized spacial score (nSPS) is 10.8. The standard InChI is InChI=1S/C10H11NOS/c1-2-7-5-6-3-4-8(11)9(12)10(6)13-7/h3-5,12H,2,11H2,1H3. The molecular weight excluding hydrogens is 182 g/mol. The van der Waals surface area contributed by atoms with E-state index in [1.165, 1.54) is 4.88 Å². The molecule has 0 fully saturated rings. The van der Waals surface area contributed by atoms with Crippen LogP contribution in [0.15, 0.2) is 18.2 Å². The van der Waals surface area contributed by atoms with Crippen molar-refractivity contribution < 1.29 is 5.11 Å². The Labute approximate surface area is 80.6 Å². The number of hydrogen-bond donors (Lipinski definition) is 2. The predicted molar refractivity (Wildman–Crippen MR) is 57.3 cm³/mol. The third-order valence-electron chi connectivity index (χ3n) is 2.09. The molecule has 0 spiro atoms. The van der Waals surface area contributed by atoms with Gasteiger partial charge in [0.05, 0.1) is 10.4 Å². The Bertz CT molecular complexity index is 447. The van der Waals surface area contributed by atoms with Crippen LogP contribution in [0.5, 0.6) is 5.75 Å². The number of hydrogen-bond acceptors (Lipinski definition) is 3. The van der Waals surface area contributed by atoms with E-state index in [1.807, 2.05) is 6.07 Å². The van der Waals surface area contributed by atoms with Crippen molar-refractivity contribution in [2.75, 3.05) is 5.73 Å². The molecule has 0 unspecified atom stereocenters. The van der Waals surface area contributed by atoms with Gasteiger partial charge in [0, 0.05) is 4.88 Å². The lowest BCUT2D eigenvalue weighted by Crippen LogP contribution is -1.83. The first kappa shape index (κ1) is 8.38. The molecule has 1 aromatic carbocycles. The van der Waals surface area contributed by atoms with E-state index >= 15 is 0 Å². The van der Waals surface area contributed by atoms with Crippen LogP contribution >= 0.6 is 11.3 Å². The van der Waals surface area contributed by atoms with E-state index in [2.05, 4.69) is 13.0 Å². The fourth-order valence-corrected chi connectivity index (χ4v) is 2.38. The van der Waals surface area contributed by atoms with Gasteiger partial charge in [0.1, 0.15) is 0 Å². The van der Waals surface area contributed by atoms with E-state index in [9.17, 15) is 5.11 Å². The lowest BCUT2D eigenvalue weighted by atomic mass is 10.2. The van der Waals surface area contributed by atoms with E-state index in [-0.39, 0.29) is 5.75 Å². The summed E-state index contributed by atoms with van der Waals surface area (Å²) in [5, 5.41) is 10.7. The summed E-state index contributed by atoms with van der Waals surface area (Å²) < 4.78 is 0.900. The van der Waals surface area contributed by atoms with Crippen molar-refractivity contribution in [1.82, 2.24) is 0 Å². The zero-order valence-electron chi connectivity index (χ0n) is 7.37. The molecule has 0 aliphatic carbocycles. The van der Waals surface area contributed by atoms with Gasteiger partial charge in [0.2, 0.25) is 0 Å². The molecule has 13 heavy (non-hydrogen) atoms. The van der Waals surface area contributed by atoms with Crippen molar-refractivity contribution in [2.45, 2.75) is 13.3 Å². The quantitative estimate of drug-likeness (QED) is 0.540. The molecule has 0 saturated carbocycles. The summed E-state index contributed by atoms with van der Waals surface area (Å²) in [6.45, 7) is 2.10. The van der Waals surface area contributed by atoms with Gasteiger partial charge < -0.3 is 10.8 Å². The molecule has 0 bridgehead atoms. The van der Waals surface area contributed by atoms with Crippen molar-refractivity contribution in [3.63, 3.8) is 0 Å². The highest BCUT2D eigenvalue weighted by Crippen LogP contribution is 2.36. The molecule has 2 rings (SSSR count). The largest absolute Gasteiger partial charge is 0.504 e. The van der Waals surface area contributed by atoms with E-state index < -0.39 is 0 Å². The van der Waals surface area contributed by atoms with Gasteiger partial charge >= 0.3 is 0 Å². The van der Waals surface area contributed by atoms with Gasteiger partial charge in [-0.2, -0.15) is 0 Å². The number of anilines is 1. The summed E-state index contributed by atoms with van der Waals surface area (Å²) in [6, 6.07) is 5.78. The molecule has 0 radical (unpaired) electrons. The van der Waals surface area contributed by atoms with Crippen LogP contribution < -0.4 is 5.73 Å². The third-order valence-corrected chi connectivity index (χ3v) is 3.39. The molecule has 0 aliphatic rings. The highest BCUT2D eigenvalue weighted by atomic mass is 32.1. The van der Waals surface area contributed by atoms with Gasteiger partial charge in [-0.1, -0.05) is 13.0 Å². The lowest BCUT2D eigenvalue weighted by Gasteiger charge is -1.97. The van der Waals surface area contributed by atoms with Crippen molar-refractivity contribution >= 4 is 27.1 Å². The fraction of sp³-hybridized carbons (Fsp3) is 0.200. The summed E-state index contributed by atoms with van der Waals surface area (Å²) in [7, 11) is 0. The number of nitrogens with two attached hydrogens (primary N) is 1. The van der Waals surface area contributed by atoms with E-state index in [0.29, 0.717) is 5.69 Å². The van der Waals surface area contributed by atoms with Crippen LogP contribution in [0.1, 0.15) is 11.8 Å². The van der Waals surface area contributed by atoms with Gasteiger partial charge in [0.15, 0.2) is 5.75 Å². The van der Waals surface area contributed by atoms with Gasteiger partial charge in [-0.25, -0.2) is 0 Å². The number of benzene rings is 1. The zero-order valence-corrected chi connectivity index (χ0v) is 8.19. The number of thiophene rings is 1. The van der Waals surface area contributed by atoms with Crippen LogP contribution in [0.25, 0.3) is 10.1 Å². The lowest BCUT2D eigenvalue weighted by molar-refractivity contribution is 0.485. The van der Waals surface area contributed by atoms with Gasteiger partial charge in [-0.15, -0.1) is 11.3 Å². The molecule has 2 aromatic rings. The first-order valence-corrected chi connectivity index (χ1v) is 5.04. The Morgan fingerprint density at radius 1 is 1.46 bits per heavy atom. The third kappa shape index (κ3) is 1.25. The van der Waals surface area contributed by atoms with Crippen LogP contribution in [-0.2, 0) is 6.42 Å². The van der Waals surface area contributed by atoms with E-state index in [0.717, 1.165) is 16.5 Å². The van der Waals surface area contributed by atoms with Crippen molar-refractivity contribution in [3.8, 4) is 5.75 Å². The number of phenolic OH excluding ortho intramolecular Hbond substituents is 1. The summed E-state index contributed by atoms with van der Waals surface area (Å²) in [5.74, 6) is 0.224. The van der Waals surface area contributed by atoms with Crippen LogP contribution in [0, 0.1) is 0 Å². The first-order valence-electron chi connectivity index (χ1n) is 4.22. The molecule has 68 valence electrons. The Hall–Kier alpha value is -1.22. The van der Waals surface area contributed by atoms with Crippen LogP contribution in [0.2, 0.25) is 0 Å². The second-order valence-corrected chi connectivity index (χ2v) is 4.12. The molecular formula is C10H11NOS. The van der Waals surface area contributed by atoms with E-state index in [1.54, 1.807) is 17.4 Å². The minimum atomic E-state index is 0.224. The maximum Gasteiger partial charge on any atom is 0.156 e. The molecule has 0 saturated heterocycles. The predicted octanol–water partition coefficient (Wildman–Crippen LogP) is 2.75. The molecule has 0 amide bonds. The Kier molecular flexibility index (Phi) is 1.88. The number of nitrogen functional groups attached to an aromatic ring is 1. The topological polar surface area (TPSA) is 46.2 Å². The minimum absolute atomic E-state index is 0.224. The SMILES string of the molecule is CCc1cc2ccc(N)c(O)c2s1. The van der Waals surface area contributed by atoms with Gasteiger partial charge in [0.25, 0.3) is 0 Å². The average Bonchev–Trinajstić information content (AvgIpc) is 2.55. The first-order chi connectivity index (χ1) is 6.22. The van der Waals surface area contributed by atoms with Crippen molar-refractivity contribution in [2.24, 2.45) is 0 Å². The summed E-state index contributed by atoms with van der Waals surface area (Å²) >= 11 is 1.61. The van der Waals surface area contributed by atoms with Crippen molar-refractivity contribution in [1.29, 1.82) is 0 Å². The molecule has 1 heterocycles. The monoisotopic (exact) mass is 193 g/mol. The van der Waals surface area contributed by atoms with Gasteiger partial charge in [-0.3, -0.25) is 0 Å². The fourth-order valence-electron chi connectivity index (χ4n) is 1.33. The highest BCUT2D eigenvalue weighted by Gasteiger charge is 2.06. The molecule has 0 atom stereocenters. The molecule has 1 aromatic heterocycles. The van der Waals surface area contributed by atoms with E-state index in [4.69, 9.17) is 5.73 Å². The summed E-state index contributed by atoms with van der Waals surface area (Å²) in [4.78, 5) is 1.27. The number of phenols is 1. The number of rotatable bonds is 1. The summed E-state index contributed by atoms with van der Waals surface area (Å²) in [6.07, 6.45) is 0.999. The maximum atomic E-state index is 9.65. The number of aromatic hydroxyl groups is 1. The summed E-state index contributed by atoms with van der Waals surface area (Å²) in [5.41, 5.74) is 6.05. The molecule has 2 nitrogen and oxygen atoms in total. The average molecular weight is 193 g/mol. The van der Waals surface area contributed by atoms with Crippen LogP contribution in [-0.4, -0.2) is 5.11 Å². The molecule has 3 N–H and O–H groups in total.